The van der Waals surface area contributed by atoms with Crippen molar-refractivity contribution in [2.45, 2.75) is 32.4 Å². The molecule has 0 saturated carbocycles. The molecule has 2 rings (SSSR count). The summed E-state index contributed by atoms with van der Waals surface area (Å²) in [5.74, 6) is 2.16. The number of hydrogen-bond donors (Lipinski definition) is 2. The Balaban J connectivity index is 1.84. The number of hydrogen-bond acceptors (Lipinski definition) is 5. The average molecular weight is 444 g/mol. The quantitative estimate of drug-likeness (QED) is 0.329. The molecule has 0 radical (unpaired) electrons. The van der Waals surface area contributed by atoms with E-state index in [0.717, 1.165) is 61.7 Å². The van der Waals surface area contributed by atoms with Crippen molar-refractivity contribution in [3.8, 4) is 11.5 Å². The second-order valence-corrected chi connectivity index (χ2v) is 6.98. The Hall–Kier alpha value is -1.51. The minimum atomic E-state index is 0.259. The van der Waals surface area contributed by atoms with Gasteiger partial charge in [0.15, 0.2) is 17.5 Å². The van der Waals surface area contributed by atoms with E-state index in [2.05, 4.69) is 31.6 Å². The normalized spacial score (nSPS) is 17.0. The summed E-state index contributed by atoms with van der Waals surface area (Å²) < 4.78 is 22.7. The van der Waals surface area contributed by atoms with Gasteiger partial charge in [0, 0.05) is 30.8 Å². The Labute approximate surface area is 169 Å². The van der Waals surface area contributed by atoms with Crippen LogP contribution in [-0.2, 0) is 16.0 Å². The number of halogens is 1. The molecule has 27 heavy (non-hydrogen) atoms. The lowest BCUT2D eigenvalue weighted by atomic mass is 10.2. The number of rotatable bonds is 10. The second kappa shape index (κ2) is 12.0. The molecule has 0 spiro atoms. The minimum Gasteiger partial charge on any atom is -0.493 e. The number of ether oxygens (including phenoxy) is 4. The first-order valence-corrected chi connectivity index (χ1v) is 10.1. The van der Waals surface area contributed by atoms with E-state index in [-0.39, 0.29) is 6.10 Å². The van der Waals surface area contributed by atoms with E-state index in [1.807, 2.05) is 19.1 Å². The molecule has 7 nitrogen and oxygen atoms in total. The maximum Gasteiger partial charge on any atom is 0.191 e. The van der Waals surface area contributed by atoms with Crippen LogP contribution >= 0.6 is 15.9 Å². The van der Waals surface area contributed by atoms with Crippen molar-refractivity contribution in [2.24, 2.45) is 4.99 Å². The Morgan fingerprint density at radius 3 is 2.70 bits per heavy atom. The lowest BCUT2D eigenvalue weighted by Gasteiger charge is -2.14. The summed E-state index contributed by atoms with van der Waals surface area (Å²) in [5, 5.41) is 6.61. The summed E-state index contributed by atoms with van der Waals surface area (Å²) in [6, 6.07) is 3.83. The van der Waals surface area contributed by atoms with Crippen molar-refractivity contribution in [2.75, 3.05) is 47.1 Å². The Bertz CT molecular complexity index is 607. The van der Waals surface area contributed by atoms with Gasteiger partial charge in [-0.05, 0) is 37.5 Å². The van der Waals surface area contributed by atoms with Crippen LogP contribution in [0.5, 0.6) is 11.5 Å². The molecule has 2 N–H and O–H groups in total. The molecule has 1 aliphatic rings. The van der Waals surface area contributed by atoms with E-state index in [9.17, 15) is 0 Å². The molecule has 1 fully saturated rings. The van der Waals surface area contributed by atoms with Gasteiger partial charge in [0.05, 0.1) is 33.5 Å². The SMILES string of the molecule is CCNC(=NCc1cc(OC)c(OC)cc1Br)NCCCOC1CCOC1. The number of nitrogens with zero attached hydrogens (tertiary/aromatic N) is 1. The molecule has 0 amide bonds. The van der Waals surface area contributed by atoms with Crippen LogP contribution in [0, 0.1) is 0 Å². The maximum atomic E-state index is 5.78. The summed E-state index contributed by atoms with van der Waals surface area (Å²) in [5.41, 5.74) is 1.02. The van der Waals surface area contributed by atoms with E-state index < -0.39 is 0 Å². The van der Waals surface area contributed by atoms with Crippen LogP contribution in [-0.4, -0.2) is 59.2 Å². The van der Waals surface area contributed by atoms with E-state index in [1.165, 1.54) is 0 Å². The molecule has 1 aromatic carbocycles. The number of nitrogens with one attached hydrogen (secondary N) is 2. The van der Waals surface area contributed by atoms with Gasteiger partial charge < -0.3 is 29.6 Å². The predicted octanol–water partition coefficient (Wildman–Crippen LogP) is 2.72. The average Bonchev–Trinajstić information content (AvgIpc) is 3.19. The maximum absolute atomic E-state index is 5.78. The van der Waals surface area contributed by atoms with Crippen molar-refractivity contribution in [1.29, 1.82) is 0 Å². The first-order valence-electron chi connectivity index (χ1n) is 9.29. The fourth-order valence-electron chi connectivity index (χ4n) is 2.70. The van der Waals surface area contributed by atoms with Crippen molar-refractivity contribution in [3.05, 3.63) is 22.2 Å². The fraction of sp³-hybridized carbons (Fsp3) is 0.632. The van der Waals surface area contributed by atoms with Crippen molar-refractivity contribution in [1.82, 2.24) is 10.6 Å². The largest absolute Gasteiger partial charge is 0.493 e. The third-order valence-corrected chi connectivity index (χ3v) is 4.90. The van der Waals surface area contributed by atoms with Gasteiger partial charge in [-0.2, -0.15) is 0 Å². The molecule has 8 heteroatoms. The standard InChI is InChI=1S/C19H30BrN3O4/c1-4-21-19(22-7-5-8-27-15-6-9-26-13-15)23-12-14-10-17(24-2)18(25-3)11-16(14)20/h10-11,15H,4-9,12-13H2,1-3H3,(H2,21,22,23). The summed E-state index contributed by atoms with van der Waals surface area (Å²) >= 11 is 3.57. The number of guanidine groups is 1. The van der Waals surface area contributed by atoms with Gasteiger partial charge in [0.1, 0.15) is 0 Å². The smallest absolute Gasteiger partial charge is 0.191 e. The molecule has 1 saturated heterocycles. The zero-order chi connectivity index (χ0) is 19.5. The summed E-state index contributed by atoms with van der Waals surface area (Å²) in [6.45, 7) is 6.42. The molecular weight excluding hydrogens is 414 g/mol. The van der Waals surface area contributed by atoms with E-state index >= 15 is 0 Å². The molecule has 0 aliphatic carbocycles. The topological polar surface area (TPSA) is 73.3 Å². The van der Waals surface area contributed by atoms with Crippen LogP contribution in [0.25, 0.3) is 0 Å². The lowest BCUT2D eigenvalue weighted by Crippen LogP contribution is -2.38. The first-order chi connectivity index (χ1) is 13.2. The second-order valence-electron chi connectivity index (χ2n) is 6.13. The predicted molar refractivity (Wildman–Crippen MR) is 110 cm³/mol. The highest BCUT2D eigenvalue weighted by Gasteiger charge is 2.15. The van der Waals surface area contributed by atoms with Crippen LogP contribution in [0.15, 0.2) is 21.6 Å². The molecule has 1 aromatic rings. The number of benzene rings is 1. The van der Waals surface area contributed by atoms with Gasteiger partial charge in [-0.25, -0.2) is 4.99 Å². The van der Waals surface area contributed by atoms with Gasteiger partial charge in [0.2, 0.25) is 0 Å². The van der Waals surface area contributed by atoms with E-state index in [4.69, 9.17) is 18.9 Å². The summed E-state index contributed by atoms with van der Waals surface area (Å²) in [4.78, 5) is 4.66. The van der Waals surface area contributed by atoms with Crippen LogP contribution in [0.3, 0.4) is 0 Å². The van der Waals surface area contributed by atoms with E-state index in [0.29, 0.717) is 18.0 Å². The van der Waals surface area contributed by atoms with Crippen molar-refractivity contribution < 1.29 is 18.9 Å². The molecule has 152 valence electrons. The highest BCUT2D eigenvalue weighted by Crippen LogP contribution is 2.33. The molecular formula is C19H30BrN3O4. The van der Waals surface area contributed by atoms with Gasteiger partial charge >= 0.3 is 0 Å². The zero-order valence-corrected chi connectivity index (χ0v) is 17.9. The molecule has 1 atom stereocenters. The van der Waals surface area contributed by atoms with Crippen molar-refractivity contribution in [3.63, 3.8) is 0 Å². The first kappa shape index (κ1) is 21.8. The summed E-state index contributed by atoms with van der Waals surface area (Å²) in [7, 11) is 3.25. The summed E-state index contributed by atoms with van der Waals surface area (Å²) in [6.07, 6.45) is 2.17. The highest BCUT2D eigenvalue weighted by molar-refractivity contribution is 9.10. The third kappa shape index (κ3) is 7.20. The van der Waals surface area contributed by atoms with Gasteiger partial charge in [-0.3, -0.25) is 0 Å². The van der Waals surface area contributed by atoms with Gasteiger partial charge in [0.25, 0.3) is 0 Å². The Morgan fingerprint density at radius 1 is 1.26 bits per heavy atom. The van der Waals surface area contributed by atoms with Gasteiger partial charge in [-0.15, -0.1) is 0 Å². The minimum absolute atomic E-state index is 0.259. The molecule has 0 bridgehead atoms. The Morgan fingerprint density at radius 2 is 2.04 bits per heavy atom. The van der Waals surface area contributed by atoms with Crippen LogP contribution < -0.4 is 20.1 Å². The third-order valence-electron chi connectivity index (χ3n) is 4.16. The number of methoxy groups -OCH3 is 2. The Kier molecular flexibility index (Phi) is 9.72. The highest BCUT2D eigenvalue weighted by atomic mass is 79.9. The molecule has 1 aliphatic heterocycles. The van der Waals surface area contributed by atoms with E-state index in [1.54, 1.807) is 14.2 Å². The van der Waals surface area contributed by atoms with Gasteiger partial charge in [-0.1, -0.05) is 15.9 Å². The fourth-order valence-corrected chi connectivity index (χ4v) is 3.14. The molecule has 0 aromatic heterocycles. The van der Waals surface area contributed by atoms with Crippen LogP contribution in [0.4, 0.5) is 0 Å². The monoisotopic (exact) mass is 443 g/mol. The molecule has 1 unspecified atom stereocenters. The number of aliphatic imine (C=N–C) groups is 1. The van der Waals surface area contributed by atoms with Crippen LogP contribution in [0.2, 0.25) is 0 Å². The zero-order valence-electron chi connectivity index (χ0n) is 16.3. The molecule has 1 heterocycles. The van der Waals surface area contributed by atoms with Crippen LogP contribution in [0.1, 0.15) is 25.3 Å². The lowest BCUT2D eigenvalue weighted by molar-refractivity contribution is 0.0420. The van der Waals surface area contributed by atoms with Crippen molar-refractivity contribution >= 4 is 21.9 Å².